The summed E-state index contributed by atoms with van der Waals surface area (Å²) in [6.07, 6.45) is 6.70. The number of rotatable bonds is 2. The topological polar surface area (TPSA) is 45.2 Å². The van der Waals surface area contributed by atoms with Gasteiger partial charge in [0.15, 0.2) is 0 Å². The molecule has 4 heteroatoms. The van der Waals surface area contributed by atoms with Crippen LogP contribution in [0.25, 0.3) is 10.9 Å². The lowest BCUT2D eigenvalue weighted by atomic mass is 9.87. The zero-order valence-corrected chi connectivity index (χ0v) is 9.87. The molecule has 2 aromatic rings. The first-order chi connectivity index (χ1) is 8.77. The summed E-state index contributed by atoms with van der Waals surface area (Å²) in [7, 11) is 0. The summed E-state index contributed by atoms with van der Waals surface area (Å²) in [5, 5.41) is 0.555. The smallest absolute Gasteiger partial charge is 0.235 e. The third-order valence-electron chi connectivity index (χ3n) is 3.86. The summed E-state index contributed by atoms with van der Waals surface area (Å²) < 4.78 is 14.5. The van der Waals surface area contributed by atoms with Gasteiger partial charge >= 0.3 is 0 Å². The normalized spacial score (nSPS) is 17.8. The maximum Gasteiger partial charge on any atom is 0.235 e. The summed E-state index contributed by atoms with van der Waals surface area (Å²) in [5.74, 6) is -0.269. The van der Waals surface area contributed by atoms with Crippen LogP contribution in [0.5, 0.6) is 0 Å². The average Bonchev–Trinajstić information content (AvgIpc) is 2.99. The van der Waals surface area contributed by atoms with Crippen molar-refractivity contribution in [2.45, 2.75) is 31.2 Å². The molecule has 1 aromatic carbocycles. The number of nitrogens with zero attached hydrogens (tertiary/aromatic N) is 1. The fourth-order valence-corrected chi connectivity index (χ4v) is 2.94. The first-order valence-electron chi connectivity index (χ1n) is 6.12. The van der Waals surface area contributed by atoms with Gasteiger partial charge in [-0.1, -0.05) is 18.9 Å². The van der Waals surface area contributed by atoms with E-state index in [1.807, 2.05) is 6.07 Å². The van der Waals surface area contributed by atoms with E-state index >= 15 is 0 Å². The summed E-state index contributed by atoms with van der Waals surface area (Å²) >= 11 is 0. The molecular formula is C14H13FN2O. The van der Waals surface area contributed by atoms with Crippen molar-refractivity contribution >= 4 is 17.0 Å². The predicted octanol–water partition coefficient (Wildman–Crippen LogP) is 3.41. The second-order valence-electron chi connectivity index (χ2n) is 4.81. The predicted molar refractivity (Wildman–Crippen MR) is 66.5 cm³/mol. The third-order valence-corrected chi connectivity index (χ3v) is 3.86. The average molecular weight is 244 g/mol. The van der Waals surface area contributed by atoms with Crippen molar-refractivity contribution in [2.75, 3.05) is 0 Å². The molecule has 1 aliphatic rings. The standard InChI is InChI=1S/C14H13FN2O/c15-13-10-5-8-16-12(10)4-3-11(13)14(17-9-18)6-1-2-7-14/h3-5,8,16H,1-2,6-7H2. The summed E-state index contributed by atoms with van der Waals surface area (Å²) in [6, 6.07) is 5.29. The second-order valence-corrected chi connectivity index (χ2v) is 4.81. The molecule has 0 spiro atoms. The maximum atomic E-state index is 14.5. The van der Waals surface area contributed by atoms with Crippen LogP contribution in [-0.4, -0.2) is 11.1 Å². The van der Waals surface area contributed by atoms with E-state index in [1.54, 1.807) is 24.4 Å². The second kappa shape index (κ2) is 4.07. The van der Waals surface area contributed by atoms with E-state index in [-0.39, 0.29) is 5.82 Å². The minimum absolute atomic E-state index is 0.269. The number of carbonyl (C=O) groups excluding carboxylic acids is 1. The minimum Gasteiger partial charge on any atom is -0.361 e. The molecule has 1 heterocycles. The van der Waals surface area contributed by atoms with Crippen LogP contribution in [0.15, 0.2) is 29.4 Å². The van der Waals surface area contributed by atoms with Crippen LogP contribution in [0.4, 0.5) is 4.39 Å². The number of H-pyrrole nitrogens is 1. The SMILES string of the molecule is O=C=NC1(c2ccc3[nH]ccc3c2F)CCCC1. The molecular weight excluding hydrogens is 231 g/mol. The Morgan fingerprint density at radius 3 is 2.78 bits per heavy atom. The van der Waals surface area contributed by atoms with Gasteiger partial charge in [0.05, 0.1) is 0 Å². The Balaban J connectivity index is 2.23. The molecule has 1 fully saturated rings. The molecule has 0 aliphatic heterocycles. The number of halogens is 1. The third kappa shape index (κ3) is 1.50. The highest BCUT2D eigenvalue weighted by atomic mass is 19.1. The van der Waals surface area contributed by atoms with E-state index in [4.69, 9.17) is 0 Å². The van der Waals surface area contributed by atoms with Gasteiger partial charge in [0.25, 0.3) is 0 Å². The lowest BCUT2D eigenvalue weighted by Crippen LogP contribution is -2.20. The maximum absolute atomic E-state index is 14.5. The zero-order chi connectivity index (χ0) is 12.6. The van der Waals surface area contributed by atoms with E-state index in [0.29, 0.717) is 10.9 Å². The Labute approximate surface area is 104 Å². The first kappa shape index (κ1) is 11.2. The molecule has 0 saturated heterocycles. The molecule has 1 aliphatic carbocycles. The highest BCUT2D eigenvalue weighted by Gasteiger charge is 2.38. The molecule has 0 bridgehead atoms. The van der Waals surface area contributed by atoms with Gasteiger partial charge in [-0.05, 0) is 25.0 Å². The van der Waals surface area contributed by atoms with E-state index in [9.17, 15) is 9.18 Å². The Bertz CT molecular complexity index is 634. The Morgan fingerprint density at radius 1 is 1.28 bits per heavy atom. The van der Waals surface area contributed by atoms with Gasteiger partial charge in [-0.2, -0.15) is 4.99 Å². The molecule has 92 valence electrons. The quantitative estimate of drug-likeness (QED) is 0.638. The van der Waals surface area contributed by atoms with Gasteiger partial charge in [-0.15, -0.1) is 0 Å². The van der Waals surface area contributed by atoms with Crippen LogP contribution in [0.1, 0.15) is 31.2 Å². The van der Waals surface area contributed by atoms with Crippen molar-refractivity contribution in [3.63, 3.8) is 0 Å². The van der Waals surface area contributed by atoms with Crippen LogP contribution in [0.2, 0.25) is 0 Å². The number of isocyanates is 1. The molecule has 1 aromatic heterocycles. The molecule has 1 saturated carbocycles. The summed E-state index contributed by atoms with van der Waals surface area (Å²) in [6.45, 7) is 0. The number of nitrogens with one attached hydrogen (secondary N) is 1. The van der Waals surface area contributed by atoms with Gasteiger partial charge in [0, 0.05) is 22.7 Å². The lowest BCUT2D eigenvalue weighted by Gasteiger charge is -2.23. The fraction of sp³-hybridized carbons (Fsp3) is 0.357. The Hall–Kier alpha value is -1.93. The summed E-state index contributed by atoms with van der Waals surface area (Å²) in [4.78, 5) is 17.5. The largest absolute Gasteiger partial charge is 0.361 e. The van der Waals surface area contributed by atoms with Gasteiger partial charge < -0.3 is 4.98 Å². The van der Waals surface area contributed by atoms with Crippen LogP contribution in [0.3, 0.4) is 0 Å². The molecule has 3 rings (SSSR count). The van der Waals surface area contributed by atoms with Gasteiger partial charge in [0.2, 0.25) is 6.08 Å². The summed E-state index contributed by atoms with van der Waals surface area (Å²) in [5.41, 5.74) is 0.590. The Morgan fingerprint density at radius 2 is 2.06 bits per heavy atom. The minimum atomic E-state index is -0.697. The number of aliphatic imine (C=N–C) groups is 1. The van der Waals surface area contributed by atoms with Crippen LogP contribution >= 0.6 is 0 Å². The number of benzene rings is 1. The molecule has 3 nitrogen and oxygen atoms in total. The molecule has 0 atom stereocenters. The molecule has 18 heavy (non-hydrogen) atoms. The highest BCUT2D eigenvalue weighted by molar-refractivity contribution is 5.81. The van der Waals surface area contributed by atoms with Gasteiger partial charge in [-0.3, -0.25) is 0 Å². The fourth-order valence-electron chi connectivity index (χ4n) is 2.94. The Kier molecular flexibility index (Phi) is 2.53. The first-order valence-corrected chi connectivity index (χ1v) is 6.12. The number of hydrogen-bond acceptors (Lipinski definition) is 2. The van der Waals surface area contributed by atoms with Crippen molar-refractivity contribution in [3.05, 3.63) is 35.8 Å². The van der Waals surface area contributed by atoms with Crippen molar-refractivity contribution in [2.24, 2.45) is 4.99 Å². The van der Waals surface area contributed by atoms with Crippen LogP contribution in [0, 0.1) is 5.82 Å². The number of fused-ring (bicyclic) bond motifs is 1. The van der Waals surface area contributed by atoms with Crippen molar-refractivity contribution in [3.8, 4) is 0 Å². The van der Waals surface area contributed by atoms with E-state index in [1.165, 1.54) is 0 Å². The van der Waals surface area contributed by atoms with Gasteiger partial charge in [-0.25, -0.2) is 9.18 Å². The van der Waals surface area contributed by atoms with Crippen molar-refractivity contribution < 1.29 is 9.18 Å². The molecule has 1 N–H and O–H groups in total. The molecule has 0 unspecified atom stereocenters. The van der Waals surface area contributed by atoms with E-state index in [2.05, 4.69) is 9.98 Å². The van der Waals surface area contributed by atoms with Gasteiger partial charge in [0.1, 0.15) is 11.4 Å². The van der Waals surface area contributed by atoms with E-state index < -0.39 is 5.54 Å². The monoisotopic (exact) mass is 244 g/mol. The lowest BCUT2D eigenvalue weighted by molar-refractivity contribution is 0.433. The molecule has 0 amide bonds. The zero-order valence-electron chi connectivity index (χ0n) is 9.87. The number of aromatic nitrogens is 1. The number of aromatic amines is 1. The van der Waals surface area contributed by atoms with Crippen molar-refractivity contribution in [1.29, 1.82) is 0 Å². The van der Waals surface area contributed by atoms with Crippen molar-refractivity contribution in [1.82, 2.24) is 4.98 Å². The number of hydrogen-bond donors (Lipinski definition) is 1. The van der Waals surface area contributed by atoms with Crippen LogP contribution in [-0.2, 0) is 10.3 Å². The van der Waals surface area contributed by atoms with Crippen LogP contribution < -0.4 is 0 Å². The van der Waals surface area contributed by atoms with E-state index in [0.717, 1.165) is 31.2 Å². The molecule has 0 radical (unpaired) electrons. The highest BCUT2D eigenvalue weighted by Crippen LogP contribution is 2.44.